The topological polar surface area (TPSA) is 86.8 Å². The van der Waals surface area contributed by atoms with Crippen molar-refractivity contribution in [2.75, 3.05) is 17.1 Å². The molecule has 0 aliphatic carbocycles. The van der Waals surface area contributed by atoms with Crippen LogP contribution in [-0.2, 0) is 26.2 Å². The van der Waals surface area contributed by atoms with Gasteiger partial charge >= 0.3 is 0 Å². The second kappa shape index (κ2) is 11.0. The lowest BCUT2D eigenvalue weighted by molar-refractivity contribution is -0.140. The van der Waals surface area contributed by atoms with Crippen LogP contribution in [0.15, 0.2) is 42.5 Å². The first-order valence-electron chi connectivity index (χ1n) is 10.7. The van der Waals surface area contributed by atoms with Crippen LogP contribution < -0.4 is 9.62 Å². The summed E-state index contributed by atoms with van der Waals surface area (Å²) in [5.74, 6) is -0.897. The molecule has 0 aliphatic heterocycles. The molecule has 0 saturated carbocycles. The summed E-state index contributed by atoms with van der Waals surface area (Å²) in [5, 5.41) is 3.74. The molecular formula is C24H31Cl2N3O4S. The third-order valence-corrected chi connectivity index (χ3v) is 6.81. The highest BCUT2D eigenvalue weighted by molar-refractivity contribution is 7.92. The van der Waals surface area contributed by atoms with E-state index in [9.17, 15) is 18.0 Å². The molecule has 7 nitrogen and oxygen atoms in total. The molecule has 1 atom stereocenters. The van der Waals surface area contributed by atoms with Gasteiger partial charge in [0.2, 0.25) is 21.8 Å². The van der Waals surface area contributed by atoms with E-state index in [2.05, 4.69) is 5.32 Å². The van der Waals surface area contributed by atoms with Gasteiger partial charge in [0.15, 0.2) is 0 Å². The number of sulfonamides is 1. The molecule has 34 heavy (non-hydrogen) atoms. The van der Waals surface area contributed by atoms with Gasteiger partial charge in [-0.05, 0) is 70.0 Å². The molecule has 1 N–H and O–H groups in total. The minimum atomic E-state index is -3.82. The number of nitrogens with one attached hydrogen (secondary N) is 1. The Balaban J connectivity index is 2.43. The van der Waals surface area contributed by atoms with Crippen molar-refractivity contribution < 1.29 is 18.0 Å². The number of anilines is 1. The summed E-state index contributed by atoms with van der Waals surface area (Å²) in [6.07, 6.45) is 1.02. The number of halogens is 2. The molecule has 186 valence electrons. The molecule has 0 saturated heterocycles. The Morgan fingerprint density at radius 1 is 1.09 bits per heavy atom. The Bertz CT molecular complexity index is 1160. The van der Waals surface area contributed by atoms with Gasteiger partial charge in [0.05, 0.1) is 11.9 Å². The van der Waals surface area contributed by atoms with Gasteiger partial charge in [0.1, 0.15) is 12.6 Å². The zero-order valence-electron chi connectivity index (χ0n) is 20.2. The molecule has 0 heterocycles. The molecular weight excluding hydrogens is 497 g/mol. The lowest BCUT2D eigenvalue weighted by Gasteiger charge is -2.33. The number of nitrogens with zero attached hydrogens (tertiary/aromatic N) is 2. The molecule has 0 aromatic heterocycles. The van der Waals surface area contributed by atoms with Crippen molar-refractivity contribution in [2.24, 2.45) is 0 Å². The van der Waals surface area contributed by atoms with Crippen LogP contribution in [0.25, 0.3) is 0 Å². The zero-order valence-corrected chi connectivity index (χ0v) is 22.6. The Morgan fingerprint density at radius 2 is 1.74 bits per heavy atom. The maximum Gasteiger partial charge on any atom is 0.244 e. The quantitative estimate of drug-likeness (QED) is 0.551. The van der Waals surface area contributed by atoms with Crippen molar-refractivity contribution in [1.82, 2.24) is 10.2 Å². The summed E-state index contributed by atoms with van der Waals surface area (Å²) >= 11 is 12.3. The molecule has 2 aromatic carbocycles. The number of hydrogen-bond acceptors (Lipinski definition) is 4. The van der Waals surface area contributed by atoms with Crippen LogP contribution in [0.3, 0.4) is 0 Å². The minimum Gasteiger partial charge on any atom is -0.350 e. The SMILES string of the molecule is Cc1ccc(N(CC(=O)N(Cc2cccc(Cl)c2)[C@@H](C)C(=O)NC(C)(C)C)S(C)(=O)=O)cc1Cl. The van der Waals surface area contributed by atoms with Crippen LogP contribution in [0, 0.1) is 6.92 Å². The third kappa shape index (κ3) is 7.89. The standard InChI is InChI=1S/C24H31Cl2N3O4S/c1-16-10-11-20(13-21(16)26)29(34(6,32)33)15-22(30)28(14-18-8-7-9-19(25)12-18)17(2)23(31)27-24(3,4)5/h7-13,17H,14-15H2,1-6H3,(H,27,31)/t17-/m0/s1. The Labute approximate surface area is 212 Å². The summed E-state index contributed by atoms with van der Waals surface area (Å²) < 4.78 is 26.2. The molecule has 10 heteroatoms. The van der Waals surface area contributed by atoms with E-state index in [1.807, 2.05) is 20.8 Å². The first-order chi connectivity index (χ1) is 15.6. The van der Waals surface area contributed by atoms with Gasteiger partial charge in [-0.2, -0.15) is 0 Å². The molecule has 2 rings (SSSR count). The molecule has 2 aromatic rings. The van der Waals surface area contributed by atoms with E-state index in [1.54, 1.807) is 50.2 Å². The fourth-order valence-electron chi connectivity index (χ4n) is 3.24. The smallest absolute Gasteiger partial charge is 0.244 e. The fraction of sp³-hybridized carbons (Fsp3) is 0.417. The summed E-state index contributed by atoms with van der Waals surface area (Å²) in [5.41, 5.74) is 1.25. The van der Waals surface area contributed by atoms with Crippen LogP contribution in [0.4, 0.5) is 5.69 Å². The number of carbonyl (C=O) groups is 2. The van der Waals surface area contributed by atoms with E-state index < -0.39 is 34.1 Å². The zero-order chi connectivity index (χ0) is 25.8. The fourth-order valence-corrected chi connectivity index (χ4v) is 4.47. The largest absolute Gasteiger partial charge is 0.350 e. The molecule has 0 bridgehead atoms. The number of rotatable bonds is 8. The van der Waals surface area contributed by atoms with Crippen molar-refractivity contribution in [3.63, 3.8) is 0 Å². The third-order valence-electron chi connectivity index (χ3n) is 5.03. The van der Waals surface area contributed by atoms with Gasteiger partial charge in [-0.3, -0.25) is 13.9 Å². The van der Waals surface area contributed by atoms with E-state index >= 15 is 0 Å². The highest BCUT2D eigenvalue weighted by Crippen LogP contribution is 2.25. The lowest BCUT2D eigenvalue weighted by atomic mass is 10.1. The maximum absolute atomic E-state index is 13.5. The maximum atomic E-state index is 13.5. The number of benzene rings is 2. The highest BCUT2D eigenvalue weighted by atomic mass is 35.5. The molecule has 0 fully saturated rings. The summed E-state index contributed by atoms with van der Waals surface area (Å²) in [6, 6.07) is 10.8. The van der Waals surface area contributed by atoms with Gasteiger partial charge < -0.3 is 10.2 Å². The van der Waals surface area contributed by atoms with Gasteiger partial charge in [-0.25, -0.2) is 8.42 Å². The Morgan fingerprint density at radius 3 is 2.26 bits per heavy atom. The second-order valence-electron chi connectivity index (χ2n) is 9.27. The number of amides is 2. The number of carbonyl (C=O) groups excluding carboxylic acids is 2. The highest BCUT2D eigenvalue weighted by Gasteiger charge is 2.31. The van der Waals surface area contributed by atoms with E-state index in [1.165, 1.54) is 11.0 Å². The lowest BCUT2D eigenvalue weighted by Crippen LogP contribution is -2.54. The van der Waals surface area contributed by atoms with E-state index in [-0.39, 0.29) is 18.1 Å². The molecule has 0 radical (unpaired) electrons. The van der Waals surface area contributed by atoms with Gasteiger partial charge in [-0.15, -0.1) is 0 Å². The van der Waals surface area contributed by atoms with Crippen molar-refractivity contribution in [3.05, 3.63) is 63.6 Å². The van der Waals surface area contributed by atoms with Crippen LogP contribution >= 0.6 is 23.2 Å². The molecule has 0 unspecified atom stereocenters. The number of hydrogen-bond donors (Lipinski definition) is 1. The first-order valence-corrected chi connectivity index (χ1v) is 13.3. The van der Waals surface area contributed by atoms with E-state index in [4.69, 9.17) is 23.2 Å². The van der Waals surface area contributed by atoms with Crippen LogP contribution in [0.2, 0.25) is 10.0 Å². The first kappa shape index (κ1) is 28.0. The van der Waals surface area contributed by atoms with Gasteiger partial charge in [0.25, 0.3) is 0 Å². The predicted octanol–water partition coefficient (Wildman–Crippen LogP) is 4.40. The molecule has 0 aliphatic rings. The van der Waals surface area contributed by atoms with Gasteiger partial charge in [-0.1, -0.05) is 41.4 Å². The van der Waals surface area contributed by atoms with Crippen molar-refractivity contribution >= 4 is 50.7 Å². The van der Waals surface area contributed by atoms with Crippen LogP contribution in [0.5, 0.6) is 0 Å². The second-order valence-corrected chi connectivity index (χ2v) is 12.0. The van der Waals surface area contributed by atoms with Crippen LogP contribution in [-0.4, -0.2) is 49.5 Å². The normalized spacial score (nSPS) is 12.7. The van der Waals surface area contributed by atoms with E-state index in [0.717, 1.165) is 16.1 Å². The summed E-state index contributed by atoms with van der Waals surface area (Å²) in [6.45, 7) is 8.51. The monoisotopic (exact) mass is 527 g/mol. The average Bonchev–Trinajstić information content (AvgIpc) is 2.69. The van der Waals surface area contributed by atoms with Crippen LogP contribution in [0.1, 0.15) is 38.8 Å². The summed E-state index contributed by atoms with van der Waals surface area (Å²) in [4.78, 5) is 27.8. The minimum absolute atomic E-state index is 0.0738. The molecule has 0 spiro atoms. The average molecular weight is 529 g/mol. The predicted molar refractivity (Wildman–Crippen MR) is 138 cm³/mol. The van der Waals surface area contributed by atoms with Gasteiger partial charge in [0, 0.05) is 22.1 Å². The number of aryl methyl sites for hydroxylation is 1. The Kier molecular flexibility index (Phi) is 9.02. The Hall–Kier alpha value is -2.29. The summed E-state index contributed by atoms with van der Waals surface area (Å²) in [7, 11) is -3.82. The van der Waals surface area contributed by atoms with E-state index in [0.29, 0.717) is 15.6 Å². The van der Waals surface area contributed by atoms with Crippen molar-refractivity contribution in [3.8, 4) is 0 Å². The molecule has 2 amide bonds. The van der Waals surface area contributed by atoms with Crippen molar-refractivity contribution in [2.45, 2.75) is 52.7 Å². The van der Waals surface area contributed by atoms with Crippen molar-refractivity contribution in [1.29, 1.82) is 0 Å².